The molecule has 4 aromatic rings. The average molecular weight is 330 g/mol. The van der Waals surface area contributed by atoms with Crippen LogP contribution < -0.4 is 17.0 Å². The molecule has 0 saturated carbocycles. The predicted octanol–water partition coefficient (Wildman–Crippen LogP) is -0.180. The topological polar surface area (TPSA) is 159 Å². The Hall–Kier alpha value is -3.50. The number of nitrogens with zero attached hydrogens (tertiary/aromatic N) is 7. The van der Waals surface area contributed by atoms with Crippen molar-refractivity contribution in [2.45, 2.75) is 7.43 Å². The van der Waals surface area contributed by atoms with E-state index in [4.69, 9.17) is 11.5 Å². The Balaban J connectivity index is 0.000000167. The van der Waals surface area contributed by atoms with E-state index in [0.717, 1.165) is 11.0 Å². The Morgan fingerprint density at radius 3 is 2.29 bits per heavy atom. The SMILES string of the molecule is C.Cn1ncc2c(=O)[nH]c(N)nc21.Cn1ncc2c(N)ncnc21. The molecule has 4 heterocycles. The van der Waals surface area contributed by atoms with Gasteiger partial charge in [-0.1, -0.05) is 7.43 Å². The van der Waals surface area contributed by atoms with Crippen LogP contribution in [0.2, 0.25) is 0 Å². The molecule has 0 aliphatic heterocycles. The number of aryl methyl sites for hydroxylation is 2. The Labute approximate surface area is 136 Å². The summed E-state index contributed by atoms with van der Waals surface area (Å²) in [4.78, 5) is 25.3. The van der Waals surface area contributed by atoms with E-state index in [0.29, 0.717) is 16.9 Å². The maximum Gasteiger partial charge on any atom is 0.263 e. The van der Waals surface area contributed by atoms with Crippen molar-refractivity contribution >= 4 is 33.8 Å². The third-order valence-corrected chi connectivity index (χ3v) is 3.18. The number of nitrogen functional groups attached to an aromatic ring is 2. The number of aromatic nitrogens is 8. The summed E-state index contributed by atoms with van der Waals surface area (Å²) in [5.41, 5.74) is 11.9. The van der Waals surface area contributed by atoms with Crippen molar-refractivity contribution in [1.82, 2.24) is 39.5 Å². The lowest BCUT2D eigenvalue weighted by molar-refractivity contribution is 0.785. The monoisotopic (exact) mass is 330 g/mol. The number of fused-ring (bicyclic) bond motifs is 2. The highest BCUT2D eigenvalue weighted by molar-refractivity contribution is 5.84. The summed E-state index contributed by atoms with van der Waals surface area (Å²) in [7, 11) is 3.52. The van der Waals surface area contributed by atoms with E-state index in [9.17, 15) is 4.79 Å². The maximum absolute atomic E-state index is 11.2. The molecule has 0 saturated heterocycles. The molecule has 126 valence electrons. The molecule has 11 heteroatoms. The molecule has 0 atom stereocenters. The third-order valence-electron chi connectivity index (χ3n) is 3.18. The largest absolute Gasteiger partial charge is 0.383 e. The summed E-state index contributed by atoms with van der Waals surface area (Å²) in [6.45, 7) is 0. The lowest BCUT2D eigenvalue weighted by Gasteiger charge is -1.93. The van der Waals surface area contributed by atoms with Crippen molar-refractivity contribution < 1.29 is 0 Å². The van der Waals surface area contributed by atoms with Crippen LogP contribution in [0, 0.1) is 0 Å². The van der Waals surface area contributed by atoms with Crippen LogP contribution in [0.1, 0.15) is 7.43 Å². The van der Waals surface area contributed by atoms with Crippen LogP contribution in [0.3, 0.4) is 0 Å². The zero-order chi connectivity index (χ0) is 16.6. The van der Waals surface area contributed by atoms with E-state index >= 15 is 0 Å². The van der Waals surface area contributed by atoms with Gasteiger partial charge in [-0.2, -0.15) is 15.2 Å². The number of rotatable bonds is 0. The number of anilines is 2. The number of nitrogens with one attached hydrogen (secondary N) is 1. The number of nitrogens with two attached hydrogens (primary N) is 2. The molecule has 4 rings (SSSR count). The lowest BCUT2D eigenvalue weighted by Crippen LogP contribution is -2.11. The van der Waals surface area contributed by atoms with Gasteiger partial charge in [0.15, 0.2) is 11.3 Å². The van der Waals surface area contributed by atoms with Gasteiger partial charge in [0.2, 0.25) is 5.95 Å². The molecule has 0 amide bonds. The zero-order valence-corrected chi connectivity index (χ0v) is 12.4. The Morgan fingerprint density at radius 1 is 1.00 bits per heavy atom. The summed E-state index contributed by atoms with van der Waals surface area (Å²) < 4.78 is 3.16. The second-order valence-corrected chi connectivity index (χ2v) is 4.72. The summed E-state index contributed by atoms with van der Waals surface area (Å²) in [5.74, 6) is 0.583. The van der Waals surface area contributed by atoms with Gasteiger partial charge in [0.05, 0.1) is 17.8 Å². The molecule has 0 aliphatic rings. The minimum Gasteiger partial charge on any atom is -0.383 e. The molecule has 11 nitrogen and oxygen atoms in total. The van der Waals surface area contributed by atoms with Crippen LogP contribution in [0.4, 0.5) is 11.8 Å². The van der Waals surface area contributed by atoms with Crippen molar-refractivity contribution in [1.29, 1.82) is 0 Å². The minimum absolute atomic E-state index is 0. The van der Waals surface area contributed by atoms with Crippen LogP contribution >= 0.6 is 0 Å². The molecular weight excluding hydrogens is 312 g/mol. The number of aromatic amines is 1. The highest BCUT2D eigenvalue weighted by Crippen LogP contribution is 2.13. The van der Waals surface area contributed by atoms with Gasteiger partial charge in [0, 0.05) is 14.1 Å². The van der Waals surface area contributed by atoms with E-state index in [1.807, 2.05) is 7.05 Å². The van der Waals surface area contributed by atoms with Crippen molar-refractivity contribution in [3.63, 3.8) is 0 Å². The first kappa shape index (κ1) is 16.9. The van der Waals surface area contributed by atoms with Crippen LogP contribution in [-0.2, 0) is 14.1 Å². The number of H-pyrrole nitrogens is 1. The second kappa shape index (κ2) is 6.32. The third kappa shape index (κ3) is 2.86. The number of hydrogen-bond acceptors (Lipinski definition) is 8. The first-order chi connectivity index (χ1) is 11.0. The minimum atomic E-state index is -0.259. The smallest absolute Gasteiger partial charge is 0.263 e. The fourth-order valence-electron chi connectivity index (χ4n) is 2.03. The van der Waals surface area contributed by atoms with E-state index in [-0.39, 0.29) is 18.9 Å². The molecule has 0 aromatic carbocycles. The fourth-order valence-corrected chi connectivity index (χ4v) is 2.03. The van der Waals surface area contributed by atoms with Crippen LogP contribution in [-0.4, -0.2) is 39.5 Å². The highest BCUT2D eigenvalue weighted by Gasteiger charge is 2.05. The van der Waals surface area contributed by atoms with E-state index in [1.165, 1.54) is 17.2 Å². The quantitative estimate of drug-likeness (QED) is 0.400. The normalized spacial score (nSPS) is 10.2. The molecule has 0 bridgehead atoms. The molecule has 4 aromatic heterocycles. The first-order valence-corrected chi connectivity index (χ1v) is 6.53. The van der Waals surface area contributed by atoms with Crippen molar-refractivity contribution in [3.8, 4) is 0 Å². The highest BCUT2D eigenvalue weighted by atomic mass is 16.1. The average Bonchev–Trinajstić information content (AvgIpc) is 3.06. The molecule has 0 unspecified atom stereocenters. The first-order valence-electron chi connectivity index (χ1n) is 6.53. The van der Waals surface area contributed by atoms with Crippen LogP contribution in [0.5, 0.6) is 0 Å². The summed E-state index contributed by atoms with van der Waals surface area (Å²) in [5, 5.41) is 9.12. The lowest BCUT2D eigenvalue weighted by atomic mass is 10.4. The molecule has 24 heavy (non-hydrogen) atoms. The van der Waals surface area contributed by atoms with Crippen LogP contribution in [0.25, 0.3) is 22.1 Å². The van der Waals surface area contributed by atoms with Gasteiger partial charge in [-0.25, -0.2) is 9.97 Å². The molecule has 0 radical (unpaired) electrons. The van der Waals surface area contributed by atoms with Gasteiger partial charge in [-0.15, -0.1) is 0 Å². The Kier molecular flexibility index (Phi) is 4.44. The van der Waals surface area contributed by atoms with Gasteiger partial charge in [0.1, 0.15) is 17.5 Å². The second-order valence-electron chi connectivity index (χ2n) is 4.72. The van der Waals surface area contributed by atoms with Crippen molar-refractivity contribution in [3.05, 3.63) is 29.1 Å². The molecule has 0 fully saturated rings. The summed E-state index contributed by atoms with van der Waals surface area (Å²) >= 11 is 0. The molecule has 0 spiro atoms. The predicted molar refractivity (Wildman–Crippen MR) is 91.0 cm³/mol. The maximum atomic E-state index is 11.2. The summed E-state index contributed by atoms with van der Waals surface area (Å²) in [6, 6.07) is 0. The van der Waals surface area contributed by atoms with Gasteiger partial charge in [0.25, 0.3) is 5.56 Å². The van der Waals surface area contributed by atoms with Gasteiger partial charge in [-0.05, 0) is 0 Å². The Bertz CT molecular complexity index is 1040. The zero-order valence-electron chi connectivity index (χ0n) is 12.4. The Morgan fingerprint density at radius 2 is 1.62 bits per heavy atom. The van der Waals surface area contributed by atoms with Crippen molar-refractivity contribution in [2.24, 2.45) is 14.1 Å². The number of hydrogen-bond donors (Lipinski definition) is 3. The van der Waals surface area contributed by atoms with Gasteiger partial charge < -0.3 is 11.5 Å². The molecular formula is C13H18N10O. The molecule has 5 N–H and O–H groups in total. The fraction of sp³-hybridized carbons (Fsp3) is 0.231. The van der Waals surface area contributed by atoms with E-state index in [1.54, 1.807) is 17.9 Å². The van der Waals surface area contributed by atoms with Gasteiger partial charge >= 0.3 is 0 Å². The van der Waals surface area contributed by atoms with E-state index in [2.05, 4.69) is 30.1 Å². The van der Waals surface area contributed by atoms with Crippen molar-refractivity contribution in [2.75, 3.05) is 11.5 Å². The van der Waals surface area contributed by atoms with Crippen LogP contribution in [0.15, 0.2) is 23.5 Å². The van der Waals surface area contributed by atoms with E-state index < -0.39 is 0 Å². The standard InChI is InChI=1S/C6H7N5O.C6H7N5.CH4/c1-11-4-3(2-8-11)5(12)10-6(7)9-4;1-11-6-4(2-10-11)5(7)8-3-9-6;/h2H,1H3,(H3,7,9,10,12);2-3H,1H3,(H2,7,8,9);1H4. The summed E-state index contributed by atoms with van der Waals surface area (Å²) in [6.07, 6.45) is 4.55. The van der Waals surface area contributed by atoms with Gasteiger partial charge in [-0.3, -0.25) is 19.1 Å². The molecule has 0 aliphatic carbocycles.